The quantitative estimate of drug-likeness (QED) is 0.755. The van der Waals surface area contributed by atoms with Crippen LogP contribution >= 0.6 is 0 Å². The Hall–Kier alpha value is -2.07. The summed E-state index contributed by atoms with van der Waals surface area (Å²) >= 11 is 0. The molecule has 0 aliphatic carbocycles. The minimum atomic E-state index is 0.739. The predicted octanol–water partition coefficient (Wildman–Crippen LogP) is 2.80. The molecule has 0 radical (unpaired) electrons. The monoisotopic (exact) mass is 282 g/mol. The number of fused-ring (bicyclic) bond motifs is 1. The number of aromatic nitrogens is 3. The van der Waals surface area contributed by atoms with Crippen LogP contribution in [0.15, 0.2) is 42.9 Å². The van der Waals surface area contributed by atoms with Crippen LogP contribution in [-0.2, 0) is 19.5 Å². The lowest BCUT2D eigenvalue weighted by molar-refractivity contribution is 0.658. The SMILES string of the molecule is CCn1cc(Cn2cc(CCCN)c3ccccc32)cn1. The standard InChI is InChI=1S/C17H22N4/c1-2-21-12-14(10-19-21)11-20-13-15(6-5-9-18)16-7-3-4-8-17(16)20/h3-4,7-8,10,12-13H,2,5-6,9,11,18H2,1H3. The predicted molar refractivity (Wildman–Crippen MR) is 86.3 cm³/mol. The molecule has 0 saturated heterocycles. The van der Waals surface area contributed by atoms with Gasteiger partial charge in [0.2, 0.25) is 0 Å². The topological polar surface area (TPSA) is 48.8 Å². The number of hydrogen-bond acceptors (Lipinski definition) is 2. The van der Waals surface area contributed by atoms with Gasteiger partial charge in [0.05, 0.1) is 12.7 Å². The maximum atomic E-state index is 5.65. The lowest BCUT2D eigenvalue weighted by atomic mass is 10.1. The van der Waals surface area contributed by atoms with E-state index in [1.807, 2.05) is 10.9 Å². The van der Waals surface area contributed by atoms with Crippen molar-refractivity contribution in [1.82, 2.24) is 14.3 Å². The van der Waals surface area contributed by atoms with Gasteiger partial charge in [-0.15, -0.1) is 0 Å². The van der Waals surface area contributed by atoms with Crippen LogP contribution in [-0.4, -0.2) is 20.9 Å². The molecule has 0 bridgehead atoms. The van der Waals surface area contributed by atoms with Gasteiger partial charge in [-0.2, -0.15) is 5.10 Å². The number of nitrogens with two attached hydrogens (primary N) is 1. The molecular formula is C17H22N4. The molecule has 0 atom stereocenters. The molecule has 0 fully saturated rings. The number of para-hydroxylation sites is 1. The number of nitrogens with zero attached hydrogens (tertiary/aromatic N) is 3. The van der Waals surface area contributed by atoms with Gasteiger partial charge in [0.1, 0.15) is 0 Å². The van der Waals surface area contributed by atoms with Crippen LogP contribution in [0.25, 0.3) is 10.9 Å². The lowest BCUT2D eigenvalue weighted by Gasteiger charge is -2.02. The van der Waals surface area contributed by atoms with Crippen LogP contribution in [0.1, 0.15) is 24.5 Å². The number of aryl methyl sites for hydroxylation is 2. The third-order valence-electron chi connectivity index (χ3n) is 3.88. The van der Waals surface area contributed by atoms with Crippen LogP contribution in [0.4, 0.5) is 0 Å². The van der Waals surface area contributed by atoms with E-state index in [4.69, 9.17) is 5.73 Å². The molecule has 2 N–H and O–H groups in total. The fraction of sp³-hybridized carbons (Fsp3) is 0.353. The van der Waals surface area contributed by atoms with E-state index in [0.717, 1.165) is 32.5 Å². The summed E-state index contributed by atoms with van der Waals surface area (Å²) in [6.45, 7) is 4.62. The van der Waals surface area contributed by atoms with E-state index in [1.54, 1.807) is 0 Å². The fourth-order valence-corrected chi connectivity index (χ4v) is 2.80. The highest BCUT2D eigenvalue weighted by atomic mass is 15.3. The molecule has 0 aliphatic rings. The zero-order valence-electron chi connectivity index (χ0n) is 12.5. The summed E-state index contributed by atoms with van der Waals surface area (Å²) in [6.07, 6.45) is 8.41. The van der Waals surface area contributed by atoms with Crippen LogP contribution in [0.5, 0.6) is 0 Å². The molecule has 110 valence electrons. The Morgan fingerprint density at radius 1 is 1.19 bits per heavy atom. The Labute approximate surface area is 125 Å². The average molecular weight is 282 g/mol. The summed E-state index contributed by atoms with van der Waals surface area (Å²) in [7, 11) is 0. The molecule has 3 aromatic rings. The smallest absolute Gasteiger partial charge is 0.0539 e. The largest absolute Gasteiger partial charge is 0.343 e. The van der Waals surface area contributed by atoms with Gasteiger partial charge in [-0.3, -0.25) is 4.68 Å². The third kappa shape index (κ3) is 2.85. The van der Waals surface area contributed by atoms with E-state index in [1.165, 1.54) is 22.0 Å². The zero-order chi connectivity index (χ0) is 14.7. The first kappa shape index (κ1) is 13.9. The maximum absolute atomic E-state index is 5.65. The fourth-order valence-electron chi connectivity index (χ4n) is 2.80. The van der Waals surface area contributed by atoms with E-state index in [9.17, 15) is 0 Å². The molecule has 2 aromatic heterocycles. The second kappa shape index (κ2) is 6.14. The molecule has 4 nitrogen and oxygen atoms in total. The van der Waals surface area contributed by atoms with Crippen molar-refractivity contribution in [3.8, 4) is 0 Å². The van der Waals surface area contributed by atoms with E-state index >= 15 is 0 Å². The van der Waals surface area contributed by atoms with E-state index < -0.39 is 0 Å². The summed E-state index contributed by atoms with van der Waals surface area (Å²) in [5.74, 6) is 0. The molecule has 1 aromatic carbocycles. The summed E-state index contributed by atoms with van der Waals surface area (Å²) in [5.41, 5.74) is 9.56. The van der Waals surface area contributed by atoms with E-state index in [-0.39, 0.29) is 0 Å². The van der Waals surface area contributed by atoms with Crippen molar-refractivity contribution in [3.63, 3.8) is 0 Å². The lowest BCUT2D eigenvalue weighted by Crippen LogP contribution is -2.00. The van der Waals surface area contributed by atoms with Crippen molar-refractivity contribution in [2.75, 3.05) is 6.54 Å². The molecule has 21 heavy (non-hydrogen) atoms. The molecule has 0 spiro atoms. The molecular weight excluding hydrogens is 260 g/mol. The van der Waals surface area contributed by atoms with Crippen LogP contribution in [0, 0.1) is 0 Å². The van der Waals surface area contributed by atoms with Crippen LogP contribution in [0.2, 0.25) is 0 Å². The first-order chi connectivity index (χ1) is 10.3. The summed E-state index contributed by atoms with van der Waals surface area (Å²) in [4.78, 5) is 0. The Morgan fingerprint density at radius 3 is 2.81 bits per heavy atom. The Morgan fingerprint density at radius 2 is 2.05 bits per heavy atom. The molecule has 0 amide bonds. The zero-order valence-corrected chi connectivity index (χ0v) is 12.5. The van der Waals surface area contributed by atoms with E-state index in [2.05, 4.69) is 53.2 Å². The second-order valence-corrected chi connectivity index (χ2v) is 5.40. The Balaban J connectivity index is 1.93. The van der Waals surface area contributed by atoms with Gasteiger partial charge in [-0.1, -0.05) is 18.2 Å². The molecule has 0 unspecified atom stereocenters. The summed E-state index contributed by atoms with van der Waals surface area (Å²) < 4.78 is 4.29. The molecule has 0 saturated carbocycles. The molecule has 4 heteroatoms. The normalized spacial score (nSPS) is 11.3. The van der Waals surface area contributed by atoms with Crippen molar-refractivity contribution in [3.05, 3.63) is 54.0 Å². The van der Waals surface area contributed by atoms with Crippen molar-refractivity contribution >= 4 is 10.9 Å². The highest BCUT2D eigenvalue weighted by Crippen LogP contribution is 2.23. The third-order valence-corrected chi connectivity index (χ3v) is 3.88. The minimum Gasteiger partial charge on any atom is -0.343 e. The highest BCUT2D eigenvalue weighted by molar-refractivity contribution is 5.84. The van der Waals surface area contributed by atoms with Crippen molar-refractivity contribution in [2.45, 2.75) is 32.9 Å². The first-order valence-corrected chi connectivity index (χ1v) is 7.60. The van der Waals surface area contributed by atoms with Crippen LogP contribution < -0.4 is 5.73 Å². The van der Waals surface area contributed by atoms with Crippen LogP contribution in [0.3, 0.4) is 0 Å². The minimum absolute atomic E-state index is 0.739. The van der Waals surface area contributed by atoms with Crippen molar-refractivity contribution in [2.24, 2.45) is 5.73 Å². The van der Waals surface area contributed by atoms with Gasteiger partial charge in [0.15, 0.2) is 0 Å². The van der Waals surface area contributed by atoms with Gasteiger partial charge < -0.3 is 10.3 Å². The number of benzene rings is 1. The van der Waals surface area contributed by atoms with Gasteiger partial charge >= 0.3 is 0 Å². The van der Waals surface area contributed by atoms with Gasteiger partial charge in [0, 0.05) is 35.4 Å². The van der Waals surface area contributed by atoms with E-state index in [0.29, 0.717) is 0 Å². The average Bonchev–Trinajstić information content (AvgIpc) is 3.11. The summed E-state index contributed by atoms with van der Waals surface area (Å²) in [6, 6.07) is 8.59. The summed E-state index contributed by atoms with van der Waals surface area (Å²) in [5, 5.41) is 5.70. The van der Waals surface area contributed by atoms with Crippen molar-refractivity contribution in [1.29, 1.82) is 0 Å². The van der Waals surface area contributed by atoms with Gasteiger partial charge in [-0.05, 0) is 37.9 Å². The maximum Gasteiger partial charge on any atom is 0.0539 e. The second-order valence-electron chi connectivity index (χ2n) is 5.40. The molecule has 2 heterocycles. The van der Waals surface area contributed by atoms with Gasteiger partial charge in [-0.25, -0.2) is 0 Å². The highest BCUT2D eigenvalue weighted by Gasteiger charge is 2.08. The van der Waals surface area contributed by atoms with Crippen molar-refractivity contribution < 1.29 is 0 Å². The Bertz CT molecular complexity index is 723. The molecule has 0 aliphatic heterocycles. The molecule has 3 rings (SSSR count). The number of rotatable bonds is 6. The van der Waals surface area contributed by atoms with Gasteiger partial charge in [0.25, 0.3) is 0 Å². The number of hydrogen-bond donors (Lipinski definition) is 1. The first-order valence-electron chi connectivity index (χ1n) is 7.60. The Kier molecular flexibility index (Phi) is 4.06.